The lowest BCUT2D eigenvalue weighted by Gasteiger charge is -2.30. The summed E-state index contributed by atoms with van der Waals surface area (Å²) in [7, 11) is 0. The molecule has 1 unspecified atom stereocenters. The van der Waals surface area contributed by atoms with E-state index in [-0.39, 0.29) is 5.91 Å². The van der Waals surface area contributed by atoms with Crippen LogP contribution in [0.2, 0.25) is 0 Å². The van der Waals surface area contributed by atoms with E-state index in [4.69, 9.17) is 4.98 Å². The summed E-state index contributed by atoms with van der Waals surface area (Å²) >= 11 is 0. The van der Waals surface area contributed by atoms with Crippen molar-refractivity contribution in [1.29, 1.82) is 0 Å². The first-order valence-electron chi connectivity index (χ1n) is 8.24. The molecule has 21 heavy (non-hydrogen) atoms. The molecule has 1 aromatic heterocycles. The number of fused-ring (bicyclic) bond motifs is 1. The molecule has 1 saturated heterocycles. The van der Waals surface area contributed by atoms with E-state index >= 15 is 0 Å². The SMILES string of the molecule is CC1CCCN(Cc2cc3c(c(C4CC4)n2)CNC3=O)C1. The van der Waals surface area contributed by atoms with Gasteiger partial charge in [-0.2, -0.15) is 0 Å². The van der Waals surface area contributed by atoms with Crippen molar-refractivity contribution in [2.45, 2.75) is 51.6 Å². The molecule has 0 aromatic carbocycles. The number of rotatable bonds is 3. The number of hydrogen-bond acceptors (Lipinski definition) is 3. The van der Waals surface area contributed by atoms with Gasteiger partial charge < -0.3 is 5.32 Å². The molecule has 2 fully saturated rings. The van der Waals surface area contributed by atoms with E-state index in [1.807, 2.05) is 6.07 Å². The number of hydrogen-bond donors (Lipinski definition) is 1. The first-order chi connectivity index (χ1) is 10.2. The lowest BCUT2D eigenvalue weighted by molar-refractivity contribution is 0.0965. The Hall–Kier alpha value is -1.42. The quantitative estimate of drug-likeness (QED) is 0.927. The van der Waals surface area contributed by atoms with Crippen molar-refractivity contribution in [3.63, 3.8) is 0 Å². The molecule has 1 amide bonds. The zero-order chi connectivity index (χ0) is 14.4. The van der Waals surface area contributed by atoms with Crippen LogP contribution in [0.25, 0.3) is 0 Å². The summed E-state index contributed by atoms with van der Waals surface area (Å²) < 4.78 is 0. The summed E-state index contributed by atoms with van der Waals surface area (Å²) in [6.45, 7) is 6.21. The van der Waals surface area contributed by atoms with Crippen molar-refractivity contribution in [2.24, 2.45) is 5.92 Å². The van der Waals surface area contributed by atoms with Crippen LogP contribution in [0.5, 0.6) is 0 Å². The van der Waals surface area contributed by atoms with Crippen LogP contribution in [0.4, 0.5) is 0 Å². The third kappa shape index (κ3) is 2.57. The third-order valence-electron chi connectivity index (χ3n) is 4.97. The number of nitrogens with one attached hydrogen (secondary N) is 1. The second-order valence-electron chi connectivity index (χ2n) is 6.96. The topological polar surface area (TPSA) is 45.2 Å². The van der Waals surface area contributed by atoms with Gasteiger partial charge >= 0.3 is 0 Å². The van der Waals surface area contributed by atoms with E-state index in [1.54, 1.807) is 0 Å². The van der Waals surface area contributed by atoms with Crippen molar-refractivity contribution < 1.29 is 4.79 Å². The molecule has 1 aromatic rings. The predicted molar refractivity (Wildman–Crippen MR) is 81.1 cm³/mol. The van der Waals surface area contributed by atoms with Gasteiger partial charge in [0.25, 0.3) is 5.91 Å². The molecule has 4 heteroatoms. The molecule has 4 rings (SSSR count). The maximum Gasteiger partial charge on any atom is 0.252 e. The van der Waals surface area contributed by atoms with Crippen molar-refractivity contribution >= 4 is 5.91 Å². The minimum atomic E-state index is 0.0857. The number of likely N-dealkylation sites (tertiary alicyclic amines) is 1. The molecule has 1 saturated carbocycles. The second-order valence-corrected chi connectivity index (χ2v) is 6.96. The number of amides is 1. The Morgan fingerprint density at radius 1 is 1.38 bits per heavy atom. The average molecular weight is 285 g/mol. The van der Waals surface area contributed by atoms with Crippen LogP contribution in [0.15, 0.2) is 6.07 Å². The Kier molecular flexibility index (Phi) is 3.21. The molecular weight excluding hydrogens is 262 g/mol. The Labute approximate surface area is 125 Å². The van der Waals surface area contributed by atoms with Gasteiger partial charge in [-0.15, -0.1) is 0 Å². The summed E-state index contributed by atoms with van der Waals surface area (Å²) in [5, 5.41) is 2.95. The van der Waals surface area contributed by atoms with E-state index in [0.717, 1.165) is 36.8 Å². The molecule has 1 aliphatic carbocycles. The molecule has 1 N–H and O–H groups in total. The van der Waals surface area contributed by atoms with Gasteiger partial charge in [0.15, 0.2) is 0 Å². The van der Waals surface area contributed by atoms with Gasteiger partial charge in [0.05, 0.1) is 5.69 Å². The molecule has 3 aliphatic rings. The molecule has 4 nitrogen and oxygen atoms in total. The Balaban J connectivity index is 1.61. The maximum atomic E-state index is 12.0. The van der Waals surface area contributed by atoms with Crippen molar-refractivity contribution in [2.75, 3.05) is 13.1 Å². The van der Waals surface area contributed by atoms with Gasteiger partial charge in [-0.05, 0) is 44.2 Å². The lowest BCUT2D eigenvalue weighted by Crippen LogP contribution is -2.34. The number of aromatic nitrogens is 1. The van der Waals surface area contributed by atoms with Gasteiger partial charge in [0.2, 0.25) is 0 Å². The molecule has 2 aliphatic heterocycles. The van der Waals surface area contributed by atoms with Crippen molar-refractivity contribution in [1.82, 2.24) is 15.2 Å². The van der Waals surface area contributed by atoms with Gasteiger partial charge in [-0.3, -0.25) is 14.7 Å². The average Bonchev–Trinajstić information content (AvgIpc) is 3.24. The summed E-state index contributed by atoms with van der Waals surface area (Å²) in [5.74, 6) is 1.47. The van der Waals surface area contributed by atoms with Crippen LogP contribution in [0.1, 0.15) is 65.8 Å². The zero-order valence-electron chi connectivity index (χ0n) is 12.7. The number of pyridine rings is 1. The van der Waals surface area contributed by atoms with Crippen LogP contribution in [0, 0.1) is 5.92 Å². The van der Waals surface area contributed by atoms with Crippen LogP contribution in [-0.2, 0) is 13.1 Å². The van der Waals surface area contributed by atoms with Gasteiger partial charge in [-0.25, -0.2) is 0 Å². The lowest BCUT2D eigenvalue weighted by atomic mass is 9.99. The molecule has 0 radical (unpaired) electrons. The smallest absolute Gasteiger partial charge is 0.252 e. The highest BCUT2D eigenvalue weighted by atomic mass is 16.1. The van der Waals surface area contributed by atoms with E-state index in [9.17, 15) is 4.79 Å². The fourth-order valence-corrected chi connectivity index (χ4v) is 3.73. The maximum absolute atomic E-state index is 12.0. The Morgan fingerprint density at radius 2 is 2.24 bits per heavy atom. The van der Waals surface area contributed by atoms with Gasteiger partial charge in [0, 0.05) is 42.4 Å². The monoisotopic (exact) mass is 285 g/mol. The number of carbonyl (C=O) groups is 1. The molecule has 1 atom stereocenters. The molecule has 3 heterocycles. The van der Waals surface area contributed by atoms with Gasteiger partial charge in [0.1, 0.15) is 0 Å². The first-order valence-corrected chi connectivity index (χ1v) is 8.24. The molecule has 112 valence electrons. The standard InChI is InChI=1S/C17H23N3O/c1-11-3-2-6-20(9-11)10-13-7-14-15(8-18-17(14)21)16(19-13)12-4-5-12/h7,11-12H,2-6,8-10H2,1H3,(H,18,21). The second kappa shape index (κ2) is 5.09. The van der Waals surface area contributed by atoms with Crippen molar-refractivity contribution in [3.05, 3.63) is 28.6 Å². The Morgan fingerprint density at radius 3 is 3.00 bits per heavy atom. The van der Waals surface area contributed by atoms with Gasteiger partial charge in [-0.1, -0.05) is 6.92 Å². The highest BCUT2D eigenvalue weighted by molar-refractivity contribution is 5.98. The Bertz CT molecular complexity index is 580. The van der Waals surface area contributed by atoms with Crippen LogP contribution in [-0.4, -0.2) is 28.9 Å². The first kappa shape index (κ1) is 13.3. The number of nitrogens with zero attached hydrogens (tertiary/aromatic N) is 2. The summed E-state index contributed by atoms with van der Waals surface area (Å²) in [4.78, 5) is 19.4. The van der Waals surface area contributed by atoms with E-state index < -0.39 is 0 Å². The molecule has 0 spiro atoms. The molecular formula is C17H23N3O. The number of piperidine rings is 1. The van der Waals surface area contributed by atoms with E-state index in [2.05, 4.69) is 17.1 Å². The summed E-state index contributed by atoms with van der Waals surface area (Å²) in [6.07, 6.45) is 5.08. The van der Waals surface area contributed by atoms with Crippen LogP contribution in [0.3, 0.4) is 0 Å². The van der Waals surface area contributed by atoms with Crippen LogP contribution < -0.4 is 5.32 Å². The highest BCUT2D eigenvalue weighted by Gasteiger charge is 2.33. The normalized spacial score (nSPS) is 25.8. The zero-order valence-corrected chi connectivity index (χ0v) is 12.7. The minimum Gasteiger partial charge on any atom is -0.348 e. The van der Waals surface area contributed by atoms with Crippen LogP contribution >= 0.6 is 0 Å². The van der Waals surface area contributed by atoms with Crippen molar-refractivity contribution in [3.8, 4) is 0 Å². The fourth-order valence-electron chi connectivity index (χ4n) is 3.73. The van der Waals surface area contributed by atoms with E-state index in [0.29, 0.717) is 12.5 Å². The third-order valence-corrected chi connectivity index (χ3v) is 4.97. The number of carbonyl (C=O) groups excluding carboxylic acids is 1. The highest BCUT2D eigenvalue weighted by Crippen LogP contribution is 2.42. The summed E-state index contributed by atoms with van der Waals surface area (Å²) in [6, 6.07) is 2.03. The fraction of sp³-hybridized carbons (Fsp3) is 0.647. The summed E-state index contributed by atoms with van der Waals surface area (Å²) in [5.41, 5.74) is 4.33. The predicted octanol–water partition coefficient (Wildman–Crippen LogP) is 2.43. The largest absolute Gasteiger partial charge is 0.348 e. The minimum absolute atomic E-state index is 0.0857. The van der Waals surface area contributed by atoms with E-state index in [1.165, 1.54) is 36.9 Å². The molecule has 0 bridgehead atoms.